The van der Waals surface area contributed by atoms with Crippen LogP contribution in [0.2, 0.25) is 0 Å². The second kappa shape index (κ2) is 4.73. The van der Waals surface area contributed by atoms with Crippen molar-refractivity contribution in [2.24, 2.45) is 11.3 Å². The summed E-state index contributed by atoms with van der Waals surface area (Å²) in [4.78, 5) is 12.4. The van der Waals surface area contributed by atoms with E-state index in [-0.39, 0.29) is 17.1 Å². The topological polar surface area (TPSA) is 44.4 Å². The normalized spacial score (nSPS) is 31.5. The van der Waals surface area contributed by atoms with Gasteiger partial charge in [-0.2, -0.15) is 0 Å². The first-order valence-corrected chi connectivity index (χ1v) is 7.75. The smallest absolute Gasteiger partial charge is 0.317 e. The van der Waals surface area contributed by atoms with Crippen molar-refractivity contribution in [1.82, 2.24) is 10.7 Å². The zero-order chi connectivity index (χ0) is 15.3. The summed E-state index contributed by atoms with van der Waals surface area (Å²) in [5.74, 6) is 0.596. The lowest BCUT2D eigenvalue weighted by Gasteiger charge is -2.45. The number of nitrogens with one attached hydrogen (secondary N) is 2. The fourth-order valence-electron chi connectivity index (χ4n) is 4.25. The van der Waals surface area contributed by atoms with E-state index in [1.165, 1.54) is 6.42 Å². The van der Waals surface area contributed by atoms with E-state index in [0.29, 0.717) is 5.92 Å². The van der Waals surface area contributed by atoms with E-state index in [9.17, 15) is 4.79 Å². The molecule has 0 radical (unpaired) electrons. The number of hydrogen-bond donors (Lipinski definition) is 2. The van der Waals surface area contributed by atoms with Crippen LogP contribution in [0.3, 0.4) is 0 Å². The third-order valence-electron chi connectivity index (χ3n) is 4.51. The van der Waals surface area contributed by atoms with Gasteiger partial charge in [0.2, 0.25) is 0 Å². The summed E-state index contributed by atoms with van der Waals surface area (Å²) in [6, 6.07) is 7.97. The molecule has 2 amide bonds. The van der Waals surface area contributed by atoms with Crippen LogP contribution in [0.25, 0.3) is 0 Å². The lowest BCUT2D eigenvalue weighted by molar-refractivity contribution is 0.0812. The molecule has 4 nitrogen and oxygen atoms in total. The third-order valence-corrected chi connectivity index (χ3v) is 4.51. The van der Waals surface area contributed by atoms with Crippen LogP contribution >= 0.6 is 0 Å². The Morgan fingerprint density at radius 3 is 2.71 bits per heavy atom. The van der Waals surface area contributed by atoms with Crippen molar-refractivity contribution in [2.75, 3.05) is 5.01 Å². The van der Waals surface area contributed by atoms with Crippen molar-refractivity contribution in [1.29, 1.82) is 0 Å². The van der Waals surface area contributed by atoms with Crippen LogP contribution in [0.4, 0.5) is 10.5 Å². The van der Waals surface area contributed by atoms with Gasteiger partial charge in [0.05, 0.1) is 5.69 Å². The molecule has 1 aliphatic carbocycles. The highest BCUT2D eigenvalue weighted by molar-refractivity contribution is 5.93. The summed E-state index contributed by atoms with van der Waals surface area (Å²) >= 11 is 0. The molecule has 2 fully saturated rings. The maximum atomic E-state index is 12.4. The number of hydrogen-bond acceptors (Lipinski definition) is 2. The van der Waals surface area contributed by atoms with Gasteiger partial charge in [-0.15, -0.1) is 0 Å². The van der Waals surface area contributed by atoms with Gasteiger partial charge in [0.1, 0.15) is 5.66 Å². The van der Waals surface area contributed by atoms with Crippen LogP contribution in [-0.4, -0.2) is 11.7 Å². The lowest BCUT2D eigenvalue weighted by Crippen LogP contribution is -2.57. The fourth-order valence-corrected chi connectivity index (χ4v) is 4.25. The predicted molar refractivity (Wildman–Crippen MR) is 84.9 cm³/mol. The van der Waals surface area contributed by atoms with Crippen LogP contribution in [0, 0.1) is 18.3 Å². The molecule has 4 heteroatoms. The quantitative estimate of drug-likeness (QED) is 0.829. The predicted octanol–water partition coefficient (Wildman–Crippen LogP) is 3.57. The van der Waals surface area contributed by atoms with Crippen LogP contribution in [-0.2, 0) is 0 Å². The molecule has 1 aliphatic heterocycles. The minimum absolute atomic E-state index is 0.0505. The van der Waals surface area contributed by atoms with Gasteiger partial charge in [-0.05, 0) is 55.2 Å². The van der Waals surface area contributed by atoms with Gasteiger partial charge in [0.25, 0.3) is 0 Å². The van der Waals surface area contributed by atoms with E-state index < -0.39 is 0 Å². The Hall–Kier alpha value is -1.55. The number of anilines is 1. The molecule has 2 aliphatic rings. The van der Waals surface area contributed by atoms with Gasteiger partial charge >= 0.3 is 6.03 Å². The van der Waals surface area contributed by atoms with E-state index >= 15 is 0 Å². The highest BCUT2D eigenvalue weighted by Gasteiger charge is 2.49. The van der Waals surface area contributed by atoms with Gasteiger partial charge in [-0.3, -0.25) is 0 Å². The number of carbonyl (C=O) groups excluding carboxylic acids is 1. The highest BCUT2D eigenvalue weighted by atomic mass is 16.2. The number of rotatable bonds is 1. The summed E-state index contributed by atoms with van der Waals surface area (Å²) in [6.07, 6.45) is 3.14. The van der Waals surface area contributed by atoms with E-state index in [4.69, 9.17) is 0 Å². The van der Waals surface area contributed by atoms with Gasteiger partial charge in [0, 0.05) is 0 Å². The van der Waals surface area contributed by atoms with Crippen molar-refractivity contribution >= 4 is 11.7 Å². The van der Waals surface area contributed by atoms with E-state index in [1.54, 1.807) is 5.01 Å². The van der Waals surface area contributed by atoms with Crippen molar-refractivity contribution in [2.45, 2.75) is 52.6 Å². The SMILES string of the molecule is Cc1cccc(N2NC3(CC(C)CC(C)(C)C3)NC2=O)c1. The van der Waals surface area contributed by atoms with Crippen LogP contribution < -0.4 is 15.8 Å². The van der Waals surface area contributed by atoms with Crippen molar-refractivity contribution in [3.8, 4) is 0 Å². The van der Waals surface area contributed by atoms with E-state index in [0.717, 1.165) is 24.1 Å². The van der Waals surface area contributed by atoms with Crippen molar-refractivity contribution < 1.29 is 4.79 Å². The number of nitrogens with zero attached hydrogens (tertiary/aromatic N) is 1. The van der Waals surface area contributed by atoms with Gasteiger partial charge < -0.3 is 5.32 Å². The Balaban J connectivity index is 1.87. The Kier molecular flexibility index (Phi) is 3.24. The van der Waals surface area contributed by atoms with E-state index in [1.807, 2.05) is 31.2 Å². The first-order valence-electron chi connectivity index (χ1n) is 7.75. The lowest BCUT2D eigenvalue weighted by atomic mass is 9.68. The molecular weight excluding hydrogens is 262 g/mol. The number of aryl methyl sites for hydroxylation is 1. The molecule has 1 heterocycles. The molecule has 2 atom stereocenters. The number of benzene rings is 1. The Morgan fingerprint density at radius 2 is 2.05 bits per heavy atom. The molecule has 0 bridgehead atoms. The molecule has 1 spiro atoms. The summed E-state index contributed by atoms with van der Waals surface area (Å²) in [5.41, 5.74) is 5.45. The Bertz CT molecular complexity index is 569. The average molecular weight is 287 g/mol. The third kappa shape index (κ3) is 2.77. The molecule has 0 aromatic heterocycles. The number of urea groups is 1. The van der Waals surface area contributed by atoms with E-state index in [2.05, 4.69) is 31.5 Å². The first-order chi connectivity index (χ1) is 9.79. The zero-order valence-electron chi connectivity index (χ0n) is 13.4. The minimum atomic E-state index is -0.304. The molecular formula is C17H25N3O. The molecule has 114 valence electrons. The summed E-state index contributed by atoms with van der Waals surface area (Å²) in [7, 11) is 0. The van der Waals surface area contributed by atoms with Crippen LogP contribution in [0.1, 0.15) is 45.6 Å². The minimum Gasteiger partial charge on any atom is -0.317 e. The van der Waals surface area contributed by atoms with Crippen molar-refractivity contribution in [3.63, 3.8) is 0 Å². The Morgan fingerprint density at radius 1 is 1.29 bits per heavy atom. The summed E-state index contributed by atoms with van der Waals surface area (Å²) in [5, 5.41) is 4.87. The first kappa shape index (κ1) is 14.4. The maximum Gasteiger partial charge on any atom is 0.338 e. The average Bonchev–Trinajstić information content (AvgIpc) is 2.62. The second-order valence-electron chi connectivity index (χ2n) is 7.65. The standard InChI is InChI=1S/C17H25N3O/c1-12-6-5-7-14(8-12)20-15(21)18-17(19-20)10-13(2)9-16(3,4)11-17/h5-8,13,19H,9-11H2,1-4H3,(H,18,21). The maximum absolute atomic E-state index is 12.4. The molecule has 1 saturated carbocycles. The zero-order valence-corrected chi connectivity index (χ0v) is 13.4. The summed E-state index contributed by atoms with van der Waals surface area (Å²) < 4.78 is 0. The highest BCUT2D eigenvalue weighted by Crippen LogP contribution is 2.44. The second-order valence-corrected chi connectivity index (χ2v) is 7.65. The summed E-state index contributed by atoms with van der Waals surface area (Å²) in [6.45, 7) is 8.88. The van der Waals surface area contributed by atoms with Gasteiger partial charge in [0.15, 0.2) is 0 Å². The molecule has 21 heavy (non-hydrogen) atoms. The van der Waals surface area contributed by atoms with Crippen LogP contribution in [0.5, 0.6) is 0 Å². The number of amides is 2. The Labute approximate surface area is 126 Å². The molecule has 3 rings (SSSR count). The largest absolute Gasteiger partial charge is 0.338 e. The molecule has 1 saturated heterocycles. The molecule has 1 aromatic carbocycles. The number of carbonyl (C=O) groups is 1. The number of hydrazine groups is 1. The van der Waals surface area contributed by atoms with Crippen LogP contribution in [0.15, 0.2) is 24.3 Å². The van der Waals surface area contributed by atoms with Gasteiger partial charge in [-0.1, -0.05) is 32.9 Å². The molecule has 1 aromatic rings. The van der Waals surface area contributed by atoms with Gasteiger partial charge in [-0.25, -0.2) is 15.2 Å². The fraction of sp³-hybridized carbons (Fsp3) is 0.588. The monoisotopic (exact) mass is 287 g/mol. The molecule has 2 unspecified atom stereocenters. The van der Waals surface area contributed by atoms with Crippen molar-refractivity contribution in [3.05, 3.63) is 29.8 Å². The molecule has 2 N–H and O–H groups in total.